The van der Waals surface area contributed by atoms with Gasteiger partial charge in [-0.2, -0.15) is 0 Å². The van der Waals surface area contributed by atoms with Crippen LogP contribution in [0, 0.1) is 25.5 Å². The van der Waals surface area contributed by atoms with Crippen LogP contribution >= 0.6 is 0 Å². The summed E-state index contributed by atoms with van der Waals surface area (Å²) >= 11 is 0. The second-order valence-corrected chi connectivity index (χ2v) is 5.78. The van der Waals surface area contributed by atoms with Crippen molar-refractivity contribution < 1.29 is 13.6 Å². The summed E-state index contributed by atoms with van der Waals surface area (Å²) in [6, 6.07) is 10.5. The molecule has 5 nitrogen and oxygen atoms in total. The molecule has 0 saturated carbocycles. The molecule has 3 rings (SSSR count). The first-order valence-electron chi connectivity index (χ1n) is 7.86. The Morgan fingerprint density at radius 1 is 1.00 bits per heavy atom. The standard InChI is InChI=1S/C19H16F2N4O/c1-11-6-7-12(2)15(8-11)24-19(26)16-9-17(23-10-22-16)25-18-13(20)4-3-5-14(18)21/h3-10H,1-2H3,(H,24,26)(H,22,23,25). The Balaban J connectivity index is 1.83. The summed E-state index contributed by atoms with van der Waals surface area (Å²) in [5.74, 6) is -1.86. The van der Waals surface area contributed by atoms with Crippen molar-refractivity contribution >= 4 is 23.1 Å². The van der Waals surface area contributed by atoms with Crippen molar-refractivity contribution in [3.63, 3.8) is 0 Å². The van der Waals surface area contributed by atoms with Crippen LogP contribution in [-0.2, 0) is 0 Å². The molecule has 0 fully saturated rings. The van der Waals surface area contributed by atoms with Gasteiger partial charge in [0.05, 0.1) is 0 Å². The van der Waals surface area contributed by atoms with Gasteiger partial charge in [0.25, 0.3) is 5.91 Å². The number of rotatable bonds is 4. The van der Waals surface area contributed by atoms with E-state index >= 15 is 0 Å². The number of hydrogen-bond donors (Lipinski definition) is 2. The minimum atomic E-state index is -0.759. The van der Waals surface area contributed by atoms with Crippen LogP contribution < -0.4 is 10.6 Å². The third-order valence-corrected chi connectivity index (χ3v) is 3.76. The molecule has 3 aromatic rings. The molecule has 0 aliphatic rings. The van der Waals surface area contributed by atoms with E-state index in [9.17, 15) is 13.6 Å². The molecule has 132 valence electrons. The maximum absolute atomic E-state index is 13.7. The zero-order chi connectivity index (χ0) is 18.7. The van der Waals surface area contributed by atoms with Gasteiger partial charge >= 0.3 is 0 Å². The molecule has 0 aliphatic heterocycles. The minimum Gasteiger partial charge on any atom is -0.335 e. The Kier molecular flexibility index (Phi) is 4.88. The molecular weight excluding hydrogens is 338 g/mol. The molecule has 0 saturated heterocycles. The first kappa shape index (κ1) is 17.5. The van der Waals surface area contributed by atoms with E-state index in [0.717, 1.165) is 29.6 Å². The summed E-state index contributed by atoms with van der Waals surface area (Å²) in [5.41, 5.74) is 2.31. The quantitative estimate of drug-likeness (QED) is 0.730. The van der Waals surface area contributed by atoms with Crippen molar-refractivity contribution in [2.75, 3.05) is 10.6 Å². The second kappa shape index (κ2) is 7.26. The molecule has 7 heteroatoms. The molecule has 1 heterocycles. The van der Waals surface area contributed by atoms with E-state index in [4.69, 9.17) is 0 Å². The second-order valence-electron chi connectivity index (χ2n) is 5.78. The van der Waals surface area contributed by atoms with Gasteiger partial charge in [-0.3, -0.25) is 4.79 Å². The van der Waals surface area contributed by atoms with E-state index in [-0.39, 0.29) is 17.2 Å². The first-order valence-corrected chi connectivity index (χ1v) is 7.86. The lowest BCUT2D eigenvalue weighted by atomic mass is 10.1. The summed E-state index contributed by atoms with van der Waals surface area (Å²) in [7, 11) is 0. The topological polar surface area (TPSA) is 66.9 Å². The minimum absolute atomic E-state index is 0.0696. The van der Waals surface area contributed by atoms with E-state index < -0.39 is 17.5 Å². The average molecular weight is 354 g/mol. The number of halogens is 2. The number of carbonyl (C=O) groups excluding carboxylic acids is 1. The van der Waals surface area contributed by atoms with Crippen molar-refractivity contribution in [2.45, 2.75) is 13.8 Å². The van der Waals surface area contributed by atoms with Crippen LogP contribution in [0.25, 0.3) is 0 Å². The van der Waals surface area contributed by atoms with Gasteiger partial charge in [0.2, 0.25) is 0 Å². The van der Waals surface area contributed by atoms with E-state index in [1.165, 1.54) is 12.1 Å². The Morgan fingerprint density at radius 3 is 2.46 bits per heavy atom. The van der Waals surface area contributed by atoms with Gasteiger partial charge in [-0.25, -0.2) is 18.7 Å². The van der Waals surface area contributed by atoms with Crippen molar-refractivity contribution in [1.82, 2.24) is 9.97 Å². The SMILES string of the molecule is Cc1ccc(C)c(NC(=O)c2cc(Nc3c(F)cccc3F)ncn2)c1. The predicted octanol–water partition coefficient (Wildman–Crippen LogP) is 4.37. The summed E-state index contributed by atoms with van der Waals surface area (Å²) in [4.78, 5) is 20.3. The van der Waals surface area contributed by atoms with Crippen molar-refractivity contribution in [3.05, 3.63) is 77.2 Å². The fourth-order valence-electron chi connectivity index (χ4n) is 2.35. The van der Waals surface area contributed by atoms with Crippen LogP contribution in [-0.4, -0.2) is 15.9 Å². The predicted molar refractivity (Wildman–Crippen MR) is 95.5 cm³/mol. The molecule has 0 atom stereocenters. The fraction of sp³-hybridized carbons (Fsp3) is 0.105. The van der Waals surface area contributed by atoms with Crippen molar-refractivity contribution in [1.29, 1.82) is 0 Å². The van der Waals surface area contributed by atoms with Gasteiger partial charge in [-0.15, -0.1) is 0 Å². The summed E-state index contributed by atoms with van der Waals surface area (Å²) in [5, 5.41) is 5.32. The largest absolute Gasteiger partial charge is 0.335 e. The lowest BCUT2D eigenvalue weighted by Crippen LogP contribution is -2.15. The van der Waals surface area contributed by atoms with Gasteiger partial charge in [-0.05, 0) is 43.2 Å². The maximum atomic E-state index is 13.7. The third-order valence-electron chi connectivity index (χ3n) is 3.76. The third kappa shape index (κ3) is 3.83. The van der Waals surface area contributed by atoms with Gasteiger partial charge < -0.3 is 10.6 Å². The molecule has 0 aliphatic carbocycles. The molecule has 26 heavy (non-hydrogen) atoms. The normalized spacial score (nSPS) is 10.5. The Labute approximate surface area is 149 Å². The summed E-state index contributed by atoms with van der Waals surface area (Å²) in [6.45, 7) is 3.80. The summed E-state index contributed by atoms with van der Waals surface area (Å²) < 4.78 is 27.5. The number of nitrogens with zero attached hydrogens (tertiary/aromatic N) is 2. The fourth-order valence-corrected chi connectivity index (χ4v) is 2.35. The maximum Gasteiger partial charge on any atom is 0.274 e. The lowest BCUT2D eigenvalue weighted by molar-refractivity contribution is 0.102. The molecule has 0 unspecified atom stereocenters. The molecule has 2 aromatic carbocycles. The number of aromatic nitrogens is 2. The number of amides is 1. The molecule has 2 N–H and O–H groups in total. The number of anilines is 3. The van der Waals surface area contributed by atoms with Crippen LogP contribution in [0.2, 0.25) is 0 Å². The lowest BCUT2D eigenvalue weighted by Gasteiger charge is -2.10. The number of aryl methyl sites for hydroxylation is 2. The van der Waals surface area contributed by atoms with E-state index in [0.29, 0.717) is 5.69 Å². The molecule has 1 amide bonds. The Bertz CT molecular complexity index is 955. The first-order chi connectivity index (χ1) is 12.4. The molecule has 0 spiro atoms. The van der Waals surface area contributed by atoms with E-state index in [1.54, 1.807) is 0 Å². The highest BCUT2D eigenvalue weighted by Crippen LogP contribution is 2.22. The van der Waals surface area contributed by atoms with Crippen LogP contribution in [0.4, 0.5) is 26.0 Å². The van der Waals surface area contributed by atoms with E-state index in [1.807, 2.05) is 32.0 Å². The highest BCUT2D eigenvalue weighted by Gasteiger charge is 2.13. The van der Waals surface area contributed by atoms with Crippen LogP contribution in [0.5, 0.6) is 0 Å². The number of carbonyl (C=O) groups is 1. The van der Waals surface area contributed by atoms with Gasteiger partial charge in [0, 0.05) is 11.8 Å². The number of nitrogens with one attached hydrogen (secondary N) is 2. The summed E-state index contributed by atoms with van der Waals surface area (Å²) in [6.07, 6.45) is 1.15. The number of hydrogen-bond acceptors (Lipinski definition) is 4. The molecule has 0 bridgehead atoms. The zero-order valence-corrected chi connectivity index (χ0v) is 14.2. The van der Waals surface area contributed by atoms with Crippen LogP contribution in [0.1, 0.15) is 21.6 Å². The molecule has 0 radical (unpaired) electrons. The van der Waals surface area contributed by atoms with Crippen molar-refractivity contribution in [3.8, 4) is 0 Å². The van der Waals surface area contributed by atoms with Gasteiger partial charge in [-0.1, -0.05) is 18.2 Å². The zero-order valence-electron chi connectivity index (χ0n) is 14.2. The van der Waals surface area contributed by atoms with Crippen LogP contribution in [0.3, 0.4) is 0 Å². The number of benzene rings is 2. The smallest absolute Gasteiger partial charge is 0.274 e. The van der Waals surface area contributed by atoms with Gasteiger partial charge in [0.1, 0.15) is 35.2 Å². The monoisotopic (exact) mass is 354 g/mol. The van der Waals surface area contributed by atoms with Crippen molar-refractivity contribution in [2.24, 2.45) is 0 Å². The Morgan fingerprint density at radius 2 is 1.73 bits per heavy atom. The van der Waals surface area contributed by atoms with Gasteiger partial charge in [0.15, 0.2) is 0 Å². The van der Waals surface area contributed by atoms with E-state index in [2.05, 4.69) is 20.6 Å². The highest BCUT2D eigenvalue weighted by molar-refractivity contribution is 6.03. The Hall–Kier alpha value is -3.35. The van der Waals surface area contributed by atoms with Crippen LogP contribution in [0.15, 0.2) is 48.8 Å². The number of para-hydroxylation sites is 1. The highest BCUT2D eigenvalue weighted by atomic mass is 19.1. The molecule has 1 aromatic heterocycles. The average Bonchev–Trinajstić information content (AvgIpc) is 2.62. The molecular formula is C19H16F2N4O.